The number of rotatable bonds is 3. The van der Waals surface area contributed by atoms with Crippen LogP contribution in [0.15, 0.2) is 204 Å². The molecule has 0 spiro atoms. The summed E-state index contributed by atoms with van der Waals surface area (Å²) < 4.78 is 4.72. The number of hydrogen-bond donors (Lipinski definition) is 0. The Bertz CT molecular complexity index is 4040. The van der Waals surface area contributed by atoms with Gasteiger partial charge in [0.15, 0.2) is 0 Å². The van der Waals surface area contributed by atoms with Crippen LogP contribution >= 0.6 is 11.8 Å². The highest BCUT2D eigenvalue weighted by Crippen LogP contribution is 2.47. The molecule has 0 N–H and O–H groups in total. The second kappa shape index (κ2) is 12.4. The van der Waals surface area contributed by atoms with E-state index in [4.69, 9.17) is 9.97 Å². The summed E-state index contributed by atoms with van der Waals surface area (Å²) in [6.07, 6.45) is 0. The zero-order chi connectivity index (χ0) is 39.8. The van der Waals surface area contributed by atoms with Gasteiger partial charge in [-0.2, -0.15) is 0 Å². The Hall–Kier alpha value is -7.73. The summed E-state index contributed by atoms with van der Waals surface area (Å²) in [5.41, 5.74) is 11.1. The van der Waals surface area contributed by atoms with E-state index in [-0.39, 0.29) is 0 Å². The number of hydrogen-bond acceptors (Lipinski definition) is 3. The van der Waals surface area contributed by atoms with Crippen molar-refractivity contribution in [2.24, 2.45) is 0 Å². The third-order valence-corrected chi connectivity index (χ3v) is 14.0. The monoisotopic (exact) mass is 792 g/mol. The maximum Gasteiger partial charge on any atom is 0.235 e. The lowest BCUT2D eigenvalue weighted by Crippen LogP contribution is -2.05. The van der Waals surface area contributed by atoms with Gasteiger partial charge in [0.2, 0.25) is 5.95 Å². The average Bonchev–Trinajstić information content (AvgIpc) is 3.82. The maximum absolute atomic E-state index is 5.42. The van der Waals surface area contributed by atoms with E-state index >= 15 is 0 Å². The second-order valence-corrected chi connectivity index (χ2v) is 17.3. The highest BCUT2D eigenvalue weighted by Gasteiger charge is 2.24. The van der Waals surface area contributed by atoms with Crippen LogP contribution in [0.1, 0.15) is 0 Å². The molecular weight excluding hydrogens is 761 g/mol. The molecule has 0 fully saturated rings. The molecule has 0 saturated heterocycles. The molecule has 0 unspecified atom stereocenters. The van der Waals surface area contributed by atoms with Gasteiger partial charge in [0.1, 0.15) is 0 Å². The van der Waals surface area contributed by atoms with Crippen molar-refractivity contribution in [2.45, 2.75) is 9.79 Å². The van der Waals surface area contributed by atoms with Gasteiger partial charge in [-0.05, 0) is 110 Å². The van der Waals surface area contributed by atoms with Gasteiger partial charge >= 0.3 is 0 Å². The largest absolute Gasteiger partial charge is 0.309 e. The third kappa shape index (κ3) is 4.78. The quantitative estimate of drug-likeness (QED) is 0.167. The third-order valence-electron chi connectivity index (χ3n) is 12.9. The number of fused-ring (bicyclic) bond motifs is 12. The first-order valence-electron chi connectivity index (χ1n) is 20.7. The van der Waals surface area contributed by atoms with Gasteiger partial charge in [0, 0.05) is 48.0 Å². The molecule has 0 bridgehead atoms. The first-order chi connectivity index (χ1) is 30.2. The molecule has 1 aliphatic heterocycles. The Morgan fingerprint density at radius 3 is 1.93 bits per heavy atom. The predicted octanol–water partition coefficient (Wildman–Crippen LogP) is 15.1. The lowest BCUT2D eigenvalue weighted by Gasteiger charge is -2.20. The van der Waals surface area contributed by atoms with Crippen LogP contribution in [-0.4, -0.2) is 19.1 Å². The SMILES string of the molecule is c1ccc2c(c1)Sc1cccc3nc(-n4c5ccccc5c5ccc(-c6ccc7c(c6)c6cc8ccccc8cc6n7-c6ccc7ccc8ccccc8c7c6)cc54)nc-2c13. The molecule has 0 aliphatic carbocycles. The van der Waals surface area contributed by atoms with Crippen molar-refractivity contribution in [3.63, 3.8) is 0 Å². The van der Waals surface area contributed by atoms with Crippen molar-refractivity contribution >= 4 is 98.6 Å². The van der Waals surface area contributed by atoms with Gasteiger partial charge in [0.25, 0.3) is 0 Å². The van der Waals surface area contributed by atoms with Crippen LogP contribution in [0.2, 0.25) is 0 Å². The van der Waals surface area contributed by atoms with E-state index in [0.29, 0.717) is 5.95 Å². The summed E-state index contributed by atoms with van der Waals surface area (Å²) in [5.74, 6) is 0.679. The first-order valence-corrected chi connectivity index (χ1v) is 21.5. The molecule has 5 heteroatoms. The van der Waals surface area contributed by atoms with Crippen molar-refractivity contribution in [3.8, 4) is 34.0 Å². The molecule has 0 radical (unpaired) electrons. The van der Waals surface area contributed by atoms with Crippen molar-refractivity contribution in [2.75, 3.05) is 0 Å². The highest BCUT2D eigenvalue weighted by atomic mass is 32.2. The fourth-order valence-corrected chi connectivity index (χ4v) is 11.2. The van der Waals surface area contributed by atoms with Crippen LogP contribution in [0, 0.1) is 0 Å². The zero-order valence-electron chi connectivity index (χ0n) is 32.7. The summed E-state index contributed by atoms with van der Waals surface area (Å²) in [6, 6.07) is 71.0. The number of nitrogens with zero attached hydrogens (tertiary/aromatic N) is 4. The van der Waals surface area contributed by atoms with Gasteiger partial charge in [-0.3, -0.25) is 4.57 Å². The Morgan fingerprint density at radius 2 is 1.02 bits per heavy atom. The lowest BCUT2D eigenvalue weighted by atomic mass is 10.0. The van der Waals surface area contributed by atoms with Crippen LogP contribution < -0.4 is 0 Å². The van der Waals surface area contributed by atoms with Crippen molar-refractivity contribution < 1.29 is 0 Å². The molecule has 4 nitrogen and oxygen atoms in total. The molecular formula is C56H32N4S. The van der Waals surface area contributed by atoms with Crippen LogP contribution in [0.4, 0.5) is 0 Å². The summed E-state index contributed by atoms with van der Waals surface area (Å²) >= 11 is 1.80. The van der Waals surface area contributed by atoms with E-state index < -0.39 is 0 Å². The summed E-state index contributed by atoms with van der Waals surface area (Å²) in [5, 5.41) is 13.4. The molecule has 10 aromatic carbocycles. The fourth-order valence-electron chi connectivity index (χ4n) is 10.0. The molecule has 61 heavy (non-hydrogen) atoms. The van der Waals surface area contributed by atoms with Gasteiger partial charge in [-0.1, -0.05) is 139 Å². The molecule has 282 valence electrons. The Morgan fingerprint density at radius 1 is 0.361 bits per heavy atom. The van der Waals surface area contributed by atoms with E-state index in [2.05, 4.69) is 203 Å². The summed E-state index contributed by atoms with van der Waals surface area (Å²) in [4.78, 5) is 13.1. The van der Waals surface area contributed by atoms with Gasteiger partial charge in [0.05, 0.1) is 33.3 Å². The van der Waals surface area contributed by atoms with Crippen LogP contribution in [0.3, 0.4) is 0 Å². The minimum Gasteiger partial charge on any atom is -0.309 e. The highest BCUT2D eigenvalue weighted by molar-refractivity contribution is 7.99. The second-order valence-electron chi connectivity index (χ2n) is 16.2. The Labute approximate surface area is 354 Å². The molecule has 4 heterocycles. The van der Waals surface area contributed by atoms with Gasteiger partial charge < -0.3 is 4.57 Å². The van der Waals surface area contributed by atoms with Crippen LogP contribution in [-0.2, 0) is 0 Å². The summed E-state index contributed by atoms with van der Waals surface area (Å²) in [7, 11) is 0. The standard InChI is InChI=1S/C56H32N4S/c1-2-12-36-30-51-46(28-35(36)11-1)45-29-37(24-27-49(45)59(51)39-25-22-34-21-20-33-10-3-4-13-40(33)44(34)32-39)38-23-26-42-41-14-5-7-17-48(41)60(50(42)31-38)56-57-47-16-9-19-53-54(47)55(58-56)43-15-6-8-18-52(43)61-53/h1-32H. The molecule has 0 amide bonds. The fraction of sp³-hybridized carbons (Fsp3) is 0. The smallest absolute Gasteiger partial charge is 0.235 e. The van der Waals surface area contributed by atoms with Crippen molar-refractivity contribution in [1.82, 2.24) is 19.1 Å². The first kappa shape index (κ1) is 33.1. The molecule has 3 aromatic heterocycles. The van der Waals surface area contributed by atoms with Crippen molar-refractivity contribution in [1.29, 1.82) is 0 Å². The van der Waals surface area contributed by atoms with Gasteiger partial charge in [-0.15, -0.1) is 0 Å². The van der Waals surface area contributed by atoms with Gasteiger partial charge in [-0.25, -0.2) is 9.97 Å². The minimum atomic E-state index is 0.679. The summed E-state index contributed by atoms with van der Waals surface area (Å²) in [6.45, 7) is 0. The van der Waals surface area contributed by atoms with Crippen LogP contribution in [0.5, 0.6) is 0 Å². The average molecular weight is 793 g/mol. The van der Waals surface area contributed by atoms with E-state index in [0.717, 1.165) is 50.0 Å². The topological polar surface area (TPSA) is 35.6 Å². The Balaban J connectivity index is 0.999. The molecule has 1 aliphatic rings. The van der Waals surface area contributed by atoms with E-state index in [1.807, 2.05) is 0 Å². The molecule has 0 atom stereocenters. The number of benzene rings is 10. The minimum absolute atomic E-state index is 0.679. The lowest BCUT2D eigenvalue weighted by molar-refractivity contribution is 1.01. The van der Waals surface area contributed by atoms with E-state index in [1.54, 1.807) is 11.8 Å². The maximum atomic E-state index is 5.42. The Kier molecular flexibility index (Phi) is 6.74. The molecule has 14 rings (SSSR count). The van der Waals surface area contributed by atoms with Crippen LogP contribution in [0.25, 0.3) is 121 Å². The normalized spacial score (nSPS) is 12.5. The van der Waals surface area contributed by atoms with E-state index in [9.17, 15) is 0 Å². The number of para-hydroxylation sites is 1. The zero-order valence-corrected chi connectivity index (χ0v) is 33.5. The molecule has 0 saturated carbocycles. The molecule has 13 aromatic rings. The number of aromatic nitrogens is 4. The van der Waals surface area contributed by atoms with E-state index in [1.165, 1.54) is 74.7 Å². The van der Waals surface area contributed by atoms with Crippen molar-refractivity contribution in [3.05, 3.63) is 194 Å². The predicted molar refractivity (Wildman–Crippen MR) is 256 cm³/mol.